The van der Waals surface area contributed by atoms with E-state index in [9.17, 15) is 5.11 Å². The molecule has 1 aromatic carbocycles. The van der Waals surface area contributed by atoms with Crippen LogP contribution in [-0.4, -0.2) is 24.3 Å². The largest absolute Gasteiger partial charge is 0.395 e. The minimum absolute atomic E-state index is 0.203. The number of nitrogens with one attached hydrogen (secondary N) is 1. The number of benzene rings is 1. The predicted molar refractivity (Wildman–Crippen MR) is 75.6 cm³/mol. The minimum Gasteiger partial charge on any atom is -0.395 e. The molecular weight excluding hydrogens is 222 g/mol. The van der Waals surface area contributed by atoms with E-state index in [1.807, 2.05) is 6.07 Å². The standard InChI is InChI=1S/C16H25NO/c18-13-16(12-15-8-2-1-3-9-15)17-11-10-14-6-4-5-7-14/h1-3,8-9,14,16-18H,4-7,10-13H2. The molecule has 1 saturated carbocycles. The monoisotopic (exact) mass is 247 g/mol. The average molecular weight is 247 g/mol. The van der Waals surface area contributed by atoms with E-state index in [4.69, 9.17) is 0 Å². The van der Waals surface area contributed by atoms with Gasteiger partial charge in [-0.2, -0.15) is 0 Å². The quantitative estimate of drug-likeness (QED) is 0.776. The van der Waals surface area contributed by atoms with Crippen LogP contribution in [0, 0.1) is 5.92 Å². The molecule has 0 aromatic heterocycles. The summed E-state index contributed by atoms with van der Waals surface area (Å²) in [5.41, 5.74) is 1.30. The fourth-order valence-electron chi connectivity index (χ4n) is 2.89. The van der Waals surface area contributed by atoms with Gasteiger partial charge >= 0.3 is 0 Å². The van der Waals surface area contributed by atoms with E-state index in [0.29, 0.717) is 0 Å². The van der Waals surface area contributed by atoms with E-state index >= 15 is 0 Å². The van der Waals surface area contributed by atoms with Crippen molar-refractivity contribution in [2.24, 2.45) is 5.92 Å². The Bertz CT molecular complexity index is 319. The Morgan fingerprint density at radius 3 is 2.56 bits per heavy atom. The van der Waals surface area contributed by atoms with Gasteiger partial charge in [0.1, 0.15) is 0 Å². The maximum Gasteiger partial charge on any atom is 0.0587 e. The van der Waals surface area contributed by atoms with Crippen molar-refractivity contribution in [2.45, 2.75) is 44.6 Å². The minimum atomic E-state index is 0.203. The Hall–Kier alpha value is -0.860. The van der Waals surface area contributed by atoms with E-state index in [0.717, 1.165) is 18.9 Å². The van der Waals surface area contributed by atoms with Crippen LogP contribution in [0.3, 0.4) is 0 Å². The molecule has 1 atom stereocenters. The Kier molecular flexibility index (Phi) is 5.69. The maximum absolute atomic E-state index is 9.42. The van der Waals surface area contributed by atoms with Crippen molar-refractivity contribution in [3.05, 3.63) is 35.9 Å². The second-order valence-electron chi connectivity index (χ2n) is 5.46. The first-order valence-electron chi connectivity index (χ1n) is 7.26. The number of hydrogen-bond donors (Lipinski definition) is 2. The molecule has 100 valence electrons. The van der Waals surface area contributed by atoms with Crippen molar-refractivity contribution < 1.29 is 5.11 Å². The molecule has 1 aliphatic rings. The van der Waals surface area contributed by atoms with Crippen molar-refractivity contribution in [1.82, 2.24) is 5.32 Å². The molecule has 1 aliphatic carbocycles. The zero-order valence-corrected chi connectivity index (χ0v) is 11.1. The molecule has 18 heavy (non-hydrogen) atoms. The van der Waals surface area contributed by atoms with Gasteiger partial charge in [0.05, 0.1) is 6.61 Å². The van der Waals surface area contributed by atoms with Crippen molar-refractivity contribution in [2.75, 3.05) is 13.2 Å². The second-order valence-corrected chi connectivity index (χ2v) is 5.46. The lowest BCUT2D eigenvalue weighted by Gasteiger charge is -2.18. The first kappa shape index (κ1) is 13.6. The summed E-state index contributed by atoms with van der Waals surface area (Å²) in [6.07, 6.45) is 7.83. The highest BCUT2D eigenvalue weighted by Gasteiger charge is 2.15. The number of hydrogen-bond acceptors (Lipinski definition) is 2. The molecule has 0 heterocycles. The van der Waals surface area contributed by atoms with Crippen LogP contribution >= 0.6 is 0 Å². The summed E-state index contributed by atoms with van der Waals surface area (Å²) in [6, 6.07) is 10.6. The lowest BCUT2D eigenvalue weighted by atomic mass is 10.0. The number of aliphatic hydroxyl groups is 1. The Balaban J connectivity index is 1.68. The summed E-state index contributed by atoms with van der Waals surface area (Å²) in [6.45, 7) is 1.27. The fraction of sp³-hybridized carbons (Fsp3) is 0.625. The van der Waals surface area contributed by atoms with E-state index < -0.39 is 0 Å². The van der Waals surface area contributed by atoms with Gasteiger partial charge in [0.2, 0.25) is 0 Å². The molecule has 1 aromatic rings. The molecule has 0 amide bonds. The van der Waals surface area contributed by atoms with Gasteiger partial charge in [-0.15, -0.1) is 0 Å². The second kappa shape index (κ2) is 7.55. The lowest BCUT2D eigenvalue weighted by molar-refractivity contribution is 0.239. The highest BCUT2D eigenvalue weighted by molar-refractivity contribution is 5.15. The first-order chi connectivity index (χ1) is 8.88. The third-order valence-electron chi connectivity index (χ3n) is 4.01. The number of aliphatic hydroxyl groups excluding tert-OH is 1. The SMILES string of the molecule is OCC(Cc1ccccc1)NCCC1CCCC1. The molecule has 1 unspecified atom stereocenters. The highest BCUT2D eigenvalue weighted by atomic mass is 16.3. The van der Waals surface area contributed by atoms with Gasteiger partial charge in [-0.3, -0.25) is 0 Å². The van der Waals surface area contributed by atoms with Crippen molar-refractivity contribution in [3.8, 4) is 0 Å². The fourth-order valence-corrected chi connectivity index (χ4v) is 2.89. The molecule has 2 nitrogen and oxygen atoms in total. The van der Waals surface area contributed by atoms with Gasteiger partial charge < -0.3 is 10.4 Å². The van der Waals surface area contributed by atoms with Crippen molar-refractivity contribution >= 4 is 0 Å². The molecule has 0 bridgehead atoms. The molecule has 2 rings (SSSR count). The average Bonchev–Trinajstić information content (AvgIpc) is 2.92. The van der Waals surface area contributed by atoms with Gasteiger partial charge in [0.25, 0.3) is 0 Å². The Labute approximate surface area is 110 Å². The summed E-state index contributed by atoms with van der Waals surface area (Å²) < 4.78 is 0. The normalized spacial score (nSPS) is 18.1. The van der Waals surface area contributed by atoms with Crippen LogP contribution in [0.15, 0.2) is 30.3 Å². The van der Waals surface area contributed by atoms with Gasteiger partial charge in [0.15, 0.2) is 0 Å². The smallest absolute Gasteiger partial charge is 0.0587 e. The Morgan fingerprint density at radius 1 is 1.17 bits per heavy atom. The zero-order valence-electron chi connectivity index (χ0n) is 11.1. The molecule has 0 spiro atoms. The highest BCUT2D eigenvalue weighted by Crippen LogP contribution is 2.26. The molecule has 0 radical (unpaired) electrons. The zero-order chi connectivity index (χ0) is 12.6. The van der Waals surface area contributed by atoms with E-state index in [-0.39, 0.29) is 12.6 Å². The molecule has 0 saturated heterocycles. The van der Waals surface area contributed by atoms with Crippen LogP contribution in [0.25, 0.3) is 0 Å². The summed E-state index contributed by atoms with van der Waals surface area (Å²) in [4.78, 5) is 0. The van der Waals surface area contributed by atoms with Crippen LogP contribution < -0.4 is 5.32 Å². The molecule has 2 heteroatoms. The predicted octanol–water partition coefficient (Wildman–Crippen LogP) is 2.76. The van der Waals surface area contributed by atoms with Crippen molar-refractivity contribution in [3.63, 3.8) is 0 Å². The molecule has 1 fully saturated rings. The lowest BCUT2D eigenvalue weighted by Crippen LogP contribution is -2.35. The van der Waals surface area contributed by atoms with E-state index in [2.05, 4.69) is 29.6 Å². The summed E-state index contributed by atoms with van der Waals surface area (Å²) >= 11 is 0. The Morgan fingerprint density at radius 2 is 1.89 bits per heavy atom. The van der Waals surface area contributed by atoms with Crippen LogP contribution in [0.2, 0.25) is 0 Å². The van der Waals surface area contributed by atoms with Crippen LogP contribution in [0.5, 0.6) is 0 Å². The van der Waals surface area contributed by atoms with Gasteiger partial charge in [-0.05, 0) is 30.9 Å². The third-order valence-corrected chi connectivity index (χ3v) is 4.01. The number of rotatable bonds is 7. The van der Waals surface area contributed by atoms with E-state index in [1.54, 1.807) is 0 Å². The summed E-state index contributed by atoms with van der Waals surface area (Å²) in [7, 11) is 0. The summed E-state index contributed by atoms with van der Waals surface area (Å²) in [5.74, 6) is 0.925. The van der Waals surface area contributed by atoms with E-state index in [1.165, 1.54) is 37.7 Å². The van der Waals surface area contributed by atoms with Crippen LogP contribution in [-0.2, 0) is 6.42 Å². The first-order valence-corrected chi connectivity index (χ1v) is 7.26. The molecule has 2 N–H and O–H groups in total. The topological polar surface area (TPSA) is 32.3 Å². The van der Waals surface area contributed by atoms with Gasteiger partial charge in [-0.25, -0.2) is 0 Å². The van der Waals surface area contributed by atoms with Crippen LogP contribution in [0.4, 0.5) is 0 Å². The maximum atomic E-state index is 9.42. The van der Waals surface area contributed by atoms with Gasteiger partial charge in [-0.1, -0.05) is 56.0 Å². The third kappa shape index (κ3) is 4.43. The summed E-state index contributed by atoms with van der Waals surface area (Å²) in [5, 5.41) is 12.9. The van der Waals surface area contributed by atoms with Crippen molar-refractivity contribution in [1.29, 1.82) is 0 Å². The van der Waals surface area contributed by atoms with Gasteiger partial charge in [0, 0.05) is 6.04 Å². The van der Waals surface area contributed by atoms with Crippen LogP contribution in [0.1, 0.15) is 37.7 Å². The molecular formula is C16H25NO. The molecule has 0 aliphatic heterocycles.